The molecule has 0 saturated heterocycles. The second kappa shape index (κ2) is 2.88. The summed E-state index contributed by atoms with van der Waals surface area (Å²) in [5.41, 5.74) is 0. The lowest BCUT2D eigenvalue weighted by molar-refractivity contribution is -0.162. The summed E-state index contributed by atoms with van der Waals surface area (Å²) < 4.78 is 56.8. The molecular weight excluding hydrogens is 210 g/mol. The van der Waals surface area contributed by atoms with E-state index < -0.39 is 27.4 Å². The third-order valence-corrected chi connectivity index (χ3v) is 2.17. The van der Waals surface area contributed by atoms with Gasteiger partial charge in [0.05, 0.1) is 0 Å². The number of alkyl halides is 2. The summed E-state index contributed by atoms with van der Waals surface area (Å²) in [6, 6.07) is 0. The molecule has 0 radical (unpaired) electrons. The van der Waals surface area contributed by atoms with Crippen LogP contribution in [0.2, 0.25) is 0 Å². The Labute approximate surface area is 72.4 Å². The standard InChI is InChI=1S/C5H6F2O5S/c6-5(7,13(9,10)11)4(8)12-3-1-2-3/h3H,1-2H2,(H,9,10,11). The normalized spacial score (nSPS) is 18.4. The van der Waals surface area contributed by atoms with E-state index >= 15 is 0 Å². The number of carbonyl (C=O) groups is 1. The van der Waals surface area contributed by atoms with Gasteiger partial charge in [0.1, 0.15) is 6.10 Å². The Morgan fingerprint density at radius 2 is 1.92 bits per heavy atom. The zero-order valence-electron chi connectivity index (χ0n) is 6.24. The van der Waals surface area contributed by atoms with E-state index in [9.17, 15) is 22.0 Å². The minimum atomic E-state index is -5.73. The van der Waals surface area contributed by atoms with Gasteiger partial charge in [-0.15, -0.1) is 0 Å². The molecule has 76 valence electrons. The van der Waals surface area contributed by atoms with E-state index in [1.54, 1.807) is 0 Å². The van der Waals surface area contributed by atoms with Crippen LogP contribution in [0.5, 0.6) is 0 Å². The first kappa shape index (κ1) is 10.3. The third kappa shape index (κ3) is 2.13. The lowest BCUT2D eigenvalue weighted by atomic mass is 10.7. The van der Waals surface area contributed by atoms with Gasteiger partial charge in [-0.3, -0.25) is 4.55 Å². The van der Waals surface area contributed by atoms with Gasteiger partial charge in [0.15, 0.2) is 0 Å². The van der Waals surface area contributed by atoms with Gasteiger partial charge in [0, 0.05) is 0 Å². The molecule has 0 aromatic rings. The maximum Gasteiger partial charge on any atom is 0.465 e. The molecule has 0 aliphatic heterocycles. The fourth-order valence-corrected chi connectivity index (χ4v) is 0.770. The van der Waals surface area contributed by atoms with Crippen LogP contribution < -0.4 is 0 Å². The highest BCUT2D eigenvalue weighted by molar-refractivity contribution is 7.87. The van der Waals surface area contributed by atoms with Gasteiger partial charge in [0.25, 0.3) is 0 Å². The number of carbonyl (C=O) groups excluding carboxylic acids is 1. The molecule has 0 aromatic carbocycles. The van der Waals surface area contributed by atoms with E-state index in [4.69, 9.17) is 4.55 Å². The fourth-order valence-electron chi connectivity index (χ4n) is 0.511. The van der Waals surface area contributed by atoms with Gasteiger partial charge in [-0.2, -0.15) is 17.2 Å². The molecule has 0 amide bonds. The average molecular weight is 216 g/mol. The van der Waals surface area contributed by atoms with Crippen LogP contribution in [0.15, 0.2) is 0 Å². The quantitative estimate of drug-likeness (QED) is 0.537. The predicted molar refractivity (Wildman–Crippen MR) is 35.6 cm³/mol. The Balaban J connectivity index is 2.72. The summed E-state index contributed by atoms with van der Waals surface area (Å²) in [7, 11) is -5.73. The molecule has 8 heteroatoms. The number of ether oxygens (including phenoxy) is 1. The van der Waals surface area contributed by atoms with E-state index in [0.717, 1.165) is 0 Å². The zero-order chi connectivity index (χ0) is 10.3. The number of halogens is 2. The van der Waals surface area contributed by atoms with Crippen molar-refractivity contribution in [2.75, 3.05) is 0 Å². The van der Waals surface area contributed by atoms with Crippen molar-refractivity contribution in [1.29, 1.82) is 0 Å². The van der Waals surface area contributed by atoms with Crippen LogP contribution in [0, 0.1) is 0 Å². The van der Waals surface area contributed by atoms with Crippen LogP contribution in [-0.4, -0.2) is 30.3 Å². The van der Waals surface area contributed by atoms with Crippen LogP contribution in [0.4, 0.5) is 8.78 Å². The van der Waals surface area contributed by atoms with Gasteiger partial charge in [0.2, 0.25) is 0 Å². The van der Waals surface area contributed by atoms with Crippen molar-refractivity contribution in [2.45, 2.75) is 24.2 Å². The number of hydrogen-bond acceptors (Lipinski definition) is 4. The topological polar surface area (TPSA) is 80.7 Å². The summed E-state index contributed by atoms with van der Waals surface area (Å²) in [4.78, 5) is 10.5. The average Bonchev–Trinajstić information content (AvgIpc) is 2.68. The summed E-state index contributed by atoms with van der Waals surface area (Å²) in [6.07, 6.45) is 0.237. The molecule has 0 unspecified atom stereocenters. The first-order valence-corrected chi connectivity index (χ1v) is 4.75. The van der Waals surface area contributed by atoms with E-state index in [1.165, 1.54) is 0 Å². The molecule has 0 bridgehead atoms. The van der Waals surface area contributed by atoms with Crippen molar-refractivity contribution in [3.05, 3.63) is 0 Å². The maximum atomic E-state index is 12.4. The Hall–Kier alpha value is -0.760. The molecule has 1 aliphatic rings. The number of rotatable bonds is 3. The number of hydrogen-bond donors (Lipinski definition) is 1. The van der Waals surface area contributed by atoms with Gasteiger partial charge in [-0.1, -0.05) is 0 Å². The molecular formula is C5H6F2O5S. The molecule has 0 atom stereocenters. The molecule has 0 aromatic heterocycles. The highest BCUT2D eigenvalue weighted by Crippen LogP contribution is 2.29. The largest absolute Gasteiger partial charge is 0.465 e. The van der Waals surface area contributed by atoms with Gasteiger partial charge in [-0.25, -0.2) is 4.79 Å². The monoisotopic (exact) mass is 216 g/mol. The lowest BCUT2D eigenvalue weighted by Crippen LogP contribution is -2.39. The fraction of sp³-hybridized carbons (Fsp3) is 0.800. The predicted octanol–water partition coefficient (Wildman–Crippen LogP) is 0.173. The molecule has 0 spiro atoms. The summed E-state index contributed by atoms with van der Waals surface area (Å²) >= 11 is 0. The van der Waals surface area contributed by atoms with E-state index in [2.05, 4.69) is 4.74 Å². The molecule has 0 heterocycles. The van der Waals surface area contributed by atoms with Crippen LogP contribution in [0.25, 0.3) is 0 Å². The van der Waals surface area contributed by atoms with Crippen LogP contribution >= 0.6 is 0 Å². The van der Waals surface area contributed by atoms with Gasteiger partial charge in [-0.05, 0) is 12.8 Å². The smallest absolute Gasteiger partial charge is 0.457 e. The first-order chi connectivity index (χ1) is 5.75. The van der Waals surface area contributed by atoms with Gasteiger partial charge < -0.3 is 4.74 Å². The second-order valence-corrected chi connectivity index (χ2v) is 4.06. The molecule has 13 heavy (non-hydrogen) atoms. The van der Waals surface area contributed by atoms with Gasteiger partial charge >= 0.3 is 21.3 Å². The zero-order valence-corrected chi connectivity index (χ0v) is 7.05. The summed E-state index contributed by atoms with van der Waals surface area (Å²) in [5, 5.41) is -4.87. The van der Waals surface area contributed by atoms with Crippen LogP contribution in [-0.2, 0) is 19.6 Å². The molecule has 5 nitrogen and oxygen atoms in total. The summed E-state index contributed by atoms with van der Waals surface area (Å²) in [6.45, 7) is 0. The Morgan fingerprint density at radius 1 is 1.46 bits per heavy atom. The van der Waals surface area contributed by atoms with Crippen molar-refractivity contribution in [1.82, 2.24) is 0 Å². The highest BCUT2D eigenvalue weighted by atomic mass is 32.2. The highest BCUT2D eigenvalue weighted by Gasteiger charge is 2.55. The SMILES string of the molecule is O=C(OC1CC1)C(F)(F)S(=O)(=O)O. The maximum absolute atomic E-state index is 12.4. The van der Waals surface area contributed by atoms with E-state index in [-0.39, 0.29) is 0 Å². The Bertz CT molecular complexity index is 318. The van der Waals surface area contributed by atoms with Crippen molar-refractivity contribution in [3.63, 3.8) is 0 Å². The van der Waals surface area contributed by atoms with Crippen LogP contribution in [0.1, 0.15) is 12.8 Å². The molecule has 1 aliphatic carbocycles. The van der Waals surface area contributed by atoms with Crippen LogP contribution in [0.3, 0.4) is 0 Å². The van der Waals surface area contributed by atoms with E-state index in [1.807, 2.05) is 0 Å². The van der Waals surface area contributed by atoms with Crippen molar-refractivity contribution >= 4 is 16.1 Å². The molecule has 1 rings (SSSR count). The molecule has 1 N–H and O–H groups in total. The van der Waals surface area contributed by atoms with E-state index in [0.29, 0.717) is 12.8 Å². The molecule has 1 saturated carbocycles. The first-order valence-electron chi connectivity index (χ1n) is 3.31. The third-order valence-electron chi connectivity index (χ3n) is 1.36. The second-order valence-electron chi connectivity index (χ2n) is 2.60. The molecule has 1 fully saturated rings. The minimum absolute atomic E-state index is 0.438. The lowest BCUT2D eigenvalue weighted by Gasteiger charge is -2.10. The summed E-state index contributed by atoms with van der Waals surface area (Å²) in [5.74, 6) is -2.22. The number of esters is 1. The van der Waals surface area contributed by atoms with Crippen molar-refractivity contribution < 1.29 is 31.3 Å². The Kier molecular flexibility index (Phi) is 2.28. The van der Waals surface area contributed by atoms with Crippen molar-refractivity contribution in [2.24, 2.45) is 0 Å². The van der Waals surface area contributed by atoms with Crippen molar-refractivity contribution in [3.8, 4) is 0 Å². The minimum Gasteiger partial charge on any atom is -0.457 e. The Morgan fingerprint density at radius 3 is 2.23 bits per heavy atom.